The first-order valence-electron chi connectivity index (χ1n) is 6.41. The predicted octanol–water partition coefficient (Wildman–Crippen LogP) is 4.77. The maximum atomic E-state index is 5.43. The van der Waals surface area contributed by atoms with Crippen LogP contribution < -0.4 is 10.1 Å². The maximum absolute atomic E-state index is 5.43. The molecule has 0 atom stereocenters. The van der Waals surface area contributed by atoms with Crippen LogP contribution in [0, 0.1) is 6.92 Å². The van der Waals surface area contributed by atoms with E-state index in [0.717, 1.165) is 22.5 Å². The molecular weight excluding hydrogens is 302 g/mol. The summed E-state index contributed by atoms with van der Waals surface area (Å²) in [5, 5.41) is 3.42. The molecule has 0 aliphatic carbocycles. The SMILES string of the molecule is CCOc1ccc(CNc2ccc(C)cc2Br)cc1. The monoisotopic (exact) mass is 319 g/mol. The molecule has 0 aliphatic rings. The molecule has 3 heteroatoms. The lowest BCUT2D eigenvalue weighted by Gasteiger charge is -2.10. The van der Waals surface area contributed by atoms with Gasteiger partial charge in [-0.15, -0.1) is 0 Å². The second kappa shape index (κ2) is 6.62. The molecule has 0 unspecified atom stereocenters. The summed E-state index contributed by atoms with van der Waals surface area (Å²) in [6.07, 6.45) is 0. The van der Waals surface area contributed by atoms with E-state index in [1.54, 1.807) is 0 Å². The minimum atomic E-state index is 0.702. The van der Waals surface area contributed by atoms with Crippen LogP contribution in [0.25, 0.3) is 0 Å². The summed E-state index contributed by atoms with van der Waals surface area (Å²) in [5.74, 6) is 0.919. The second-order valence-electron chi connectivity index (χ2n) is 4.41. The Hall–Kier alpha value is -1.48. The fourth-order valence-corrected chi connectivity index (χ4v) is 2.46. The summed E-state index contributed by atoms with van der Waals surface area (Å²) in [4.78, 5) is 0. The number of aryl methyl sites for hydroxylation is 1. The topological polar surface area (TPSA) is 21.3 Å². The van der Waals surface area contributed by atoms with Gasteiger partial charge in [-0.05, 0) is 65.2 Å². The van der Waals surface area contributed by atoms with Gasteiger partial charge >= 0.3 is 0 Å². The van der Waals surface area contributed by atoms with Gasteiger partial charge in [0.15, 0.2) is 0 Å². The number of rotatable bonds is 5. The molecule has 0 heterocycles. The Kier molecular flexibility index (Phi) is 4.86. The summed E-state index contributed by atoms with van der Waals surface area (Å²) in [6.45, 7) is 5.58. The van der Waals surface area contributed by atoms with Gasteiger partial charge in [-0.25, -0.2) is 0 Å². The van der Waals surface area contributed by atoms with Crippen molar-refractivity contribution in [3.05, 3.63) is 58.1 Å². The lowest BCUT2D eigenvalue weighted by molar-refractivity contribution is 0.340. The number of anilines is 1. The van der Waals surface area contributed by atoms with Crippen LogP contribution in [-0.4, -0.2) is 6.61 Å². The van der Waals surface area contributed by atoms with E-state index in [-0.39, 0.29) is 0 Å². The quantitative estimate of drug-likeness (QED) is 0.857. The third-order valence-corrected chi connectivity index (χ3v) is 3.50. The molecule has 1 N–H and O–H groups in total. The molecule has 0 spiro atoms. The predicted molar refractivity (Wildman–Crippen MR) is 83.8 cm³/mol. The Morgan fingerprint density at radius 1 is 1.11 bits per heavy atom. The average molecular weight is 320 g/mol. The number of hydrogen-bond donors (Lipinski definition) is 1. The molecular formula is C16H18BrNO. The molecule has 0 fully saturated rings. The Bertz CT molecular complexity index is 537. The molecule has 100 valence electrons. The lowest BCUT2D eigenvalue weighted by Crippen LogP contribution is -2.00. The summed E-state index contributed by atoms with van der Waals surface area (Å²) in [7, 11) is 0. The van der Waals surface area contributed by atoms with Crippen molar-refractivity contribution < 1.29 is 4.74 Å². The van der Waals surface area contributed by atoms with Crippen molar-refractivity contribution in [1.29, 1.82) is 0 Å². The highest BCUT2D eigenvalue weighted by Gasteiger charge is 2.00. The molecule has 2 rings (SSSR count). The zero-order chi connectivity index (χ0) is 13.7. The fourth-order valence-electron chi connectivity index (χ4n) is 1.83. The van der Waals surface area contributed by atoms with Gasteiger partial charge in [0.2, 0.25) is 0 Å². The first-order valence-corrected chi connectivity index (χ1v) is 7.20. The van der Waals surface area contributed by atoms with Crippen LogP contribution >= 0.6 is 15.9 Å². The molecule has 19 heavy (non-hydrogen) atoms. The Morgan fingerprint density at radius 3 is 2.47 bits per heavy atom. The number of halogens is 1. The van der Waals surface area contributed by atoms with Crippen molar-refractivity contribution in [3.63, 3.8) is 0 Å². The number of ether oxygens (including phenoxy) is 1. The average Bonchev–Trinajstić information content (AvgIpc) is 2.40. The van der Waals surface area contributed by atoms with Crippen LogP contribution in [0.1, 0.15) is 18.1 Å². The van der Waals surface area contributed by atoms with Gasteiger partial charge in [0, 0.05) is 16.7 Å². The van der Waals surface area contributed by atoms with Crippen LogP contribution in [0.3, 0.4) is 0 Å². The number of hydrogen-bond acceptors (Lipinski definition) is 2. The Labute approximate surface area is 122 Å². The van der Waals surface area contributed by atoms with Gasteiger partial charge in [0.1, 0.15) is 5.75 Å². The molecule has 0 saturated heterocycles. The van der Waals surface area contributed by atoms with Gasteiger partial charge in [-0.3, -0.25) is 0 Å². The van der Waals surface area contributed by atoms with Crippen LogP contribution in [0.15, 0.2) is 46.9 Å². The minimum Gasteiger partial charge on any atom is -0.494 e. The lowest BCUT2D eigenvalue weighted by atomic mass is 10.2. The first kappa shape index (κ1) is 13.9. The highest BCUT2D eigenvalue weighted by atomic mass is 79.9. The van der Waals surface area contributed by atoms with Crippen LogP contribution in [0.4, 0.5) is 5.69 Å². The van der Waals surface area contributed by atoms with E-state index in [1.807, 2.05) is 19.1 Å². The summed E-state index contributed by atoms with van der Waals surface area (Å²) >= 11 is 3.57. The van der Waals surface area contributed by atoms with Crippen LogP contribution in [-0.2, 0) is 6.54 Å². The third kappa shape index (κ3) is 4.00. The van der Waals surface area contributed by atoms with Gasteiger partial charge in [-0.2, -0.15) is 0 Å². The van der Waals surface area contributed by atoms with Gasteiger partial charge in [0.25, 0.3) is 0 Å². The Morgan fingerprint density at radius 2 is 1.84 bits per heavy atom. The summed E-state index contributed by atoms with van der Waals surface area (Å²) in [5.41, 5.74) is 3.59. The smallest absolute Gasteiger partial charge is 0.119 e. The minimum absolute atomic E-state index is 0.702. The molecule has 0 bridgehead atoms. The van der Waals surface area contributed by atoms with Crippen molar-refractivity contribution in [2.75, 3.05) is 11.9 Å². The Balaban J connectivity index is 1.98. The van der Waals surface area contributed by atoms with Crippen molar-refractivity contribution >= 4 is 21.6 Å². The van der Waals surface area contributed by atoms with Crippen LogP contribution in [0.2, 0.25) is 0 Å². The van der Waals surface area contributed by atoms with Crippen molar-refractivity contribution in [3.8, 4) is 5.75 Å². The standard InChI is InChI=1S/C16H18BrNO/c1-3-19-14-7-5-13(6-8-14)11-18-16-9-4-12(2)10-15(16)17/h4-10,18H,3,11H2,1-2H3. The molecule has 0 saturated carbocycles. The van der Waals surface area contributed by atoms with Gasteiger partial charge in [0.05, 0.1) is 6.61 Å². The van der Waals surface area contributed by atoms with E-state index >= 15 is 0 Å². The molecule has 0 amide bonds. The third-order valence-electron chi connectivity index (χ3n) is 2.84. The highest BCUT2D eigenvalue weighted by molar-refractivity contribution is 9.10. The van der Waals surface area contributed by atoms with Gasteiger partial charge in [-0.1, -0.05) is 18.2 Å². The fraction of sp³-hybridized carbons (Fsp3) is 0.250. The molecule has 2 aromatic carbocycles. The molecule has 2 aromatic rings. The maximum Gasteiger partial charge on any atom is 0.119 e. The largest absolute Gasteiger partial charge is 0.494 e. The second-order valence-corrected chi connectivity index (χ2v) is 5.27. The zero-order valence-electron chi connectivity index (χ0n) is 11.2. The number of benzene rings is 2. The normalized spacial score (nSPS) is 10.3. The van der Waals surface area contributed by atoms with E-state index in [1.165, 1.54) is 11.1 Å². The molecule has 0 radical (unpaired) electrons. The summed E-state index contributed by atoms with van der Waals surface area (Å²) < 4.78 is 6.52. The number of nitrogens with one attached hydrogen (secondary N) is 1. The first-order chi connectivity index (χ1) is 9.19. The van der Waals surface area contributed by atoms with E-state index in [0.29, 0.717) is 6.61 Å². The van der Waals surface area contributed by atoms with E-state index in [9.17, 15) is 0 Å². The molecule has 0 aliphatic heterocycles. The van der Waals surface area contributed by atoms with E-state index < -0.39 is 0 Å². The molecule has 0 aromatic heterocycles. The van der Waals surface area contributed by atoms with E-state index in [2.05, 4.69) is 58.5 Å². The zero-order valence-corrected chi connectivity index (χ0v) is 12.8. The van der Waals surface area contributed by atoms with Crippen molar-refractivity contribution in [2.45, 2.75) is 20.4 Å². The summed E-state index contributed by atoms with van der Waals surface area (Å²) in [6, 6.07) is 14.5. The van der Waals surface area contributed by atoms with Crippen LogP contribution in [0.5, 0.6) is 5.75 Å². The van der Waals surface area contributed by atoms with Crippen molar-refractivity contribution in [1.82, 2.24) is 0 Å². The molecule has 2 nitrogen and oxygen atoms in total. The van der Waals surface area contributed by atoms with Gasteiger partial charge < -0.3 is 10.1 Å². The van der Waals surface area contributed by atoms with Crippen molar-refractivity contribution in [2.24, 2.45) is 0 Å². The van der Waals surface area contributed by atoms with E-state index in [4.69, 9.17) is 4.74 Å². The highest BCUT2D eigenvalue weighted by Crippen LogP contribution is 2.24.